The first kappa shape index (κ1) is 55.9. The third kappa shape index (κ3) is 14.5. The van der Waals surface area contributed by atoms with E-state index in [4.69, 9.17) is 43.2 Å². The first-order valence-corrected chi connectivity index (χ1v) is 24.7. The van der Waals surface area contributed by atoms with Gasteiger partial charge < -0.3 is 35.1 Å². The van der Waals surface area contributed by atoms with Gasteiger partial charge in [0.25, 0.3) is 11.8 Å². The quantitative estimate of drug-likeness (QED) is 0.0825. The molecule has 4 aliphatic rings. The zero-order valence-corrected chi connectivity index (χ0v) is 41.9. The van der Waals surface area contributed by atoms with Crippen LogP contribution in [0.15, 0.2) is 146 Å². The summed E-state index contributed by atoms with van der Waals surface area (Å²) in [6.07, 6.45) is 7.87. The van der Waals surface area contributed by atoms with Gasteiger partial charge in [-0.3, -0.25) is 14.5 Å². The highest BCUT2D eigenvalue weighted by Crippen LogP contribution is 2.48. The van der Waals surface area contributed by atoms with E-state index in [-0.39, 0.29) is 34.3 Å². The van der Waals surface area contributed by atoms with Gasteiger partial charge in [-0.2, -0.15) is 13.2 Å². The molecule has 4 aliphatic heterocycles. The van der Waals surface area contributed by atoms with E-state index in [1.165, 1.54) is 47.4 Å². The van der Waals surface area contributed by atoms with Gasteiger partial charge in [-0.15, -0.1) is 0 Å². The lowest BCUT2D eigenvalue weighted by atomic mass is 9.74. The Morgan fingerprint density at radius 3 is 1.52 bits per heavy atom. The molecule has 2 saturated heterocycles. The maximum Gasteiger partial charge on any atom is 0.480 e. The van der Waals surface area contributed by atoms with Crippen molar-refractivity contribution in [3.05, 3.63) is 201 Å². The number of fused-ring (bicyclic) bond motifs is 4. The summed E-state index contributed by atoms with van der Waals surface area (Å²) < 4.78 is 57.0. The van der Waals surface area contributed by atoms with Crippen LogP contribution in [0.3, 0.4) is 0 Å². The molecule has 10 rings (SSSR count). The Hall–Kier alpha value is -6.80. The SMILES string of the molecule is O=C([O-])C(F)(F)F.O=C(c1ccnc(Cl)c1)N1CC2(CCN(C/C=C/c3ccc(F)cc3)CC2)c2ccccc21.O=C(c1ccnc(Cl)c1)N1CC2(CC[NH2+]CC2)c2ccccc21.OB(O)/C=C/c1ccc(F)cc1. The second kappa shape index (κ2) is 25.2. The van der Waals surface area contributed by atoms with E-state index < -0.39 is 19.3 Å². The van der Waals surface area contributed by atoms with E-state index in [1.807, 2.05) is 34.1 Å². The molecule has 0 saturated carbocycles. The van der Waals surface area contributed by atoms with Gasteiger partial charge in [-0.1, -0.05) is 108 Å². The van der Waals surface area contributed by atoms with E-state index in [0.717, 1.165) is 87.5 Å². The Bertz CT molecular complexity index is 2990. The number of anilines is 2. The number of carboxylic acid groups (broad SMARTS) is 1. The molecule has 2 fully saturated rings. The van der Waals surface area contributed by atoms with Crippen molar-refractivity contribution in [3.63, 3.8) is 0 Å². The third-order valence-corrected chi connectivity index (χ3v) is 13.9. The maximum atomic E-state index is 13.3. The van der Waals surface area contributed by atoms with Crippen LogP contribution in [0.5, 0.6) is 0 Å². The number of amides is 2. The van der Waals surface area contributed by atoms with E-state index in [1.54, 1.807) is 60.9 Å². The normalized spacial score (nSPS) is 16.3. The fourth-order valence-electron chi connectivity index (χ4n) is 9.73. The number of quaternary nitrogens is 1. The van der Waals surface area contributed by atoms with Gasteiger partial charge in [0.2, 0.25) is 0 Å². The highest BCUT2D eigenvalue weighted by Gasteiger charge is 2.47. The van der Waals surface area contributed by atoms with Crippen LogP contribution >= 0.6 is 23.2 Å². The second-order valence-corrected chi connectivity index (χ2v) is 19.1. The number of carbonyl (C=O) groups excluding carboxylic acids is 3. The number of piperidine rings is 2. The summed E-state index contributed by atoms with van der Waals surface area (Å²) in [6.45, 7) is 6.47. The summed E-state index contributed by atoms with van der Waals surface area (Å²) in [5.41, 5.74) is 7.60. The molecular weight excluding hydrogens is 1020 g/mol. The number of nitrogens with two attached hydrogens (primary N) is 1. The summed E-state index contributed by atoms with van der Waals surface area (Å²) in [5.74, 6) is -2.36. The fraction of sp³-hybridized carbons (Fsp3) is 0.255. The van der Waals surface area contributed by atoms with Gasteiger partial charge in [0.1, 0.15) is 27.9 Å². The molecule has 0 radical (unpaired) electrons. The summed E-state index contributed by atoms with van der Waals surface area (Å²) in [5, 5.41) is 28.7. The van der Waals surface area contributed by atoms with Crippen LogP contribution in [-0.4, -0.2) is 102 Å². The molecule has 75 heavy (non-hydrogen) atoms. The Morgan fingerprint density at radius 1 is 0.667 bits per heavy atom. The smallest absolute Gasteiger partial charge is 0.480 e. The van der Waals surface area contributed by atoms with Crippen molar-refractivity contribution >= 4 is 71.6 Å². The van der Waals surface area contributed by atoms with Gasteiger partial charge in [-0.25, -0.2) is 18.7 Å². The molecule has 0 unspecified atom stereocenters. The molecule has 2 aromatic heterocycles. The molecule has 2 amide bonds. The minimum Gasteiger partial charge on any atom is -0.542 e. The van der Waals surface area contributed by atoms with E-state index >= 15 is 0 Å². The van der Waals surface area contributed by atoms with Crippen LogP contribution in [0.1, 0.15) is 68.7 Å². The zero-order chi connectivity index (χ0) is 53.8. The van der Waals surface area contributed by atoms with E-state index in [2.05, 4.69) is 56.6 Å². The number of carbonyl (C=O) groups is 3. The Morgan fingerprint density at radius 2 is 1.09 bits per heavy atom. The Kier molecular flexibility index (Phi) is 18.8. The van der Waals surface area contributed by atoms with Gasteiger partial charge >= 0.3 is 13.3 Å². The molecule has 12 nitrogen and oxygen atoms in total. The average molecular weight is 1070 g/mol. The van der Waals surface area contributed by atoms with Crippen molar-refractivity contribution in [2.75, 3.05) is 55.6 Å². The summed E-state index contributed by atoms with van der Waals surface area (Å²) >= 11 is 12.0. The van der Waals surface area contributed by atoms with Gasteiger partial charge in [0.15, 0.2) is 0 Å². The van der Waals surface area contributed by atoms with Crippen molar-refractivity contribution in [2.45, 2.75) is 42.7 Å². The molecule has 4 aromatic carbocycles. The molecule has 6 heterocycles. The van der Waals surface area contributed by atoms with Crippen molar-refractivity contribution in [1.82, 2.24) is 14.9 Å². The molecular formula is C55H52BCl2F5N6O6. The first-order valence-electron chi connectivity index (χ1n) is 24.0. The number of rotatable bonds is 7. The number of benzene rings is 4. The second-order valence-electron chi connectivity index (χ2n) is 18.3. The minimum absolute atomic E-state index is 0.00757. The van der Waals surface area contributed by atoms with Crippen LogP contribution in [0.4, 0.5) is 33.3 Å². The number of pyridine rings is 2. The van der Waals surface area contributed by atoms with Crippen LogP contribution in [0, 0.1) is 11.6 Å². The lowest BCUT2D eigenvalue weighted by molar-refractivity contribution is -0.665. The summed E-state index contributed by atoms with van der Waals surface area (Å²) in [4.78, 5) is 49.4. The number of hydrogen-bond donors (Lipinski definition) is 3. The predicted octanol–water partition coefficient (Wildman–Crippen LogP) is 7.72. The van der Waals surface area contributed by atoms with Crippen LogP contribution in [-0.2, 0) is 15.6 Å². The van der Waals surface area contributed by atoms with Gasteiger partial charge in [0.05, 0.1) is 13.1 Å². The Balaban J connectivity index is 0.000000168. The summed E-state index contributed by atoms with van der Waals surface area (Å²) in [7, 11) is -1.46. The predicted molar refractivity (Wildman–Crippen MR) is 277 cm³/mol. The molecule has 6 aromatic rings. The van der Waals surface area contributed by atoms with Crippen molar-refractivity contribution in [2.24, 2.45) is 0 Å². The molecule has 4 N–H and O–H groups in total. The van der Waals surface area contributed by atoms with Crippen molar-refractivity contribution in [1.29, 1.82) is 0 Å². The molecule has 390 valence electrons. The van der Waals surface area contributed by atoms with E-state index in [9.17, 15) is 31.5 Å². The van der Waals surface area contributed by atoms with Gasteiger partial charge in [-0.05, 0) is 109 Å². The average Bonchev–Trinajstić information content (AvgIpc) is 3.91. The third-order valence-electron chi connectivity index (χ3n) is 13.5. The minimum atomic E-state index is -5.19. The van der Waals surface area contributed by atoms with Crippen LogP contribution < -0.4 is 20.2 Å². The number of halogens is 7. The number of hydrogen-bond acceptors (Lipinski definition) is 9. The van der Waals surface area contributed by atoms with Crippen molar-refractivity contribution < 1.29 is 56.8 Å². The Labute approximate surface area is 440 Å². The van der Waals surface area contributed by atoms with Crippen LogP contribution in [0.2, 0.25) is 10.3 Å². The molecule has 0 bridgehead atoms. The number of para-hydroxylation sites is 2. The number of nitrogens with zero attached hydrogens (tertiary/aromatic N) is 5. The van der Waals surface area contributed by atoms with E-state index in [0.29, 0.717) is 28.0 Å². The molecule has 20 heteroatoms. The van der Waals surface area contributed by atoms with Crippen LogP contribution in [0.25, 0.3) is 12.2 Å². The monoisotopic (exact) mass is 1070 g/mol. The zero-order valence-electron chi connectivity index (χ0n) is 40.4. The summed E-state index contributed by atoms with van der Waals surface area (Å²) in [6, 6.07) is 35.6. The highest BCUT2D eigenvalue weighted by atomic mass is 35.5. The fourth-order valence-corrected chi connectivity index (χ4v) is 10.1. The topological polar surface area (TPSA) is 167 Å². The lowest BCUT2D eigenvalue weighted by Crippen LogP contribution is -2.87. The molecule has 0 atom stereocenters. The van der Waals surface area contributed by atoms with Gasteiger partial charge in [0, 0.05) is 78.2 Å². The number of alkyl halides is 3. The highest BCUT2D eigenvalue weighted by molar-refractivity contribution is 6.48. The first-order chi connectivity index (χ1) is 35.9. The number of carboxylic acids is 1. The number of aromatic nitrogens is 2. The van der Waals surface area contributed by atoms with Crippen molar-refractivity contribution in [3.8, 4) is 0 Å². The largest absolute Gasteiger partial charge is 0.542 e. The maximum absolute atomic E-state index is 13.3. The molecule has 2 spiro atoms. The number of likely N-dealkylation sites (tertiary alicyclic amines) is 1. The molecule has 0 aliphatic carbocycles. The standard InChI is InChI=1S/C27H25ClFN3O.C18H18ClN3O.C8H8BFO2.C2HF3O2/c28-25-18-21(11-14-30-25)26(33)32-19-27(23-5-1-2-6-24(23)32)12-16-31(17-13-27)15-3-4-20-7-9-22(29)10-8-20;19-16-11-13(5-8-21-16)17(23)22-12-18(6-9-20-10-7-18)14-3-1-2-4-15(14)22;10-8-3-1-7(2-4-8)5-6-9(11)12;3-2(4,5)1(6)7/h1-11,14,18H,12-13,15-17,19H2;1-5,8,11,20H,6-7,9-10,12H2;1-6,11-12H;(H,6,7)/b4-3+;;6-5+;. The number of aliphatic carboxylic acids is 1. The lowest BCUT2D eigenvalue weighted by Gasteiger charge is -2.39.